The summed E-state index contributed by atoms with van der Waals surface area (Å²) in [6.45, 7) is 0. The van der Waals surface area contributed by atoms with E-state index in [1.54, 1.807) is 0 Å². The van der Waals surface area contributed by atoms with Crippen molar-refractivity contribution in [3.8, 4) is 0 Å². The van der Waals surface area contributed by atoms with Crippen LogP contribution in [0.3, 0.4) is 0 Å². The molecule has 4 N–H and O–H groups in total. The lowest BCUT2D eigenvalue weighted by Crippen LogP contribution is -2.35. The fraction of sp³-hybridized carbons (Fsp3) is 0. The lowest BCUT2D eigenvalue weighted by atomic mass is 10.4. The minimum atomic E-state index is -0.767. The van der Waals surface area contributed by atoms with Gasteiger partial charge in [0.15, 0.2) is 11.7 Å². The maximum atomic E-state index is 10.5. The molecule has 52 valence electrons. The molecule has 0 fully saturated rings. The molecule has 6 heteroatoms. The van der Waals surface area contributed by atoms with Crippen molar-refractivity contribution in [2.75, 3.05) is 0 Å². The van der Waals surface area contributed by atoms with Gasteiger partial charge in [-0.2, -0.15) is 9.98 Å². The molecule has 0 aromatic carbocycles. The van der Waals surface area contributed by atoms with Crippen LogP contribution in [0.5, 0.6) is 0 Å². The summed E-state index contributed by atoms with van der Waals surface area (Å²) in [6.07, 6.45) is 0. The van der Waals surface area contributed by atoms with E-state index in [1.165, 1.54) is 0 Å². The second kappa shape index (κ2) is 1.90. The largest absolute Gasteiger partial charge is 0.379 e. The van der Waals surface area contributed by atoms with Crippen molar-refractivity contribution < 1.29 is 9.59 Å². The number of carbonyl (C=O) groups excluding carboxylic acids is 2. The highest BCUT2D eigenvalue weighted by molar-refractivity contribution is 6.52. The number of nitrogens with two attached hydrogens (primary N) is 2. The van der Waals surface area contributed by atoms with E-state index in [1.807, 2.05) is 0 Å². The molecule has 2 amide bonds. The normalized spacial score (nSPS) is 18.4. The van der Waals surface area contributed by atoms with Gasteiger partial charge in [-0.05, 0) is 0 Å². The Labute approximate surface area is 55.6 Å². The number of amides is 2. The third kappa shape index (κ3) is 0.859. The summed E-state index contributed by atoms with van der Waals surface area (Å²) >= 11 is 0. The first-order chi connectivity index (χ1) is 4.61. The van der Waals surface area contributed by atoms with Gasteiger partial charge < -0.3 is 11.5 Å². The highest BCUT2D eigenvalue weighted by Gasteiger charge is 2.18. The standard InChI is InChI=1S/C4H4N4O2/c5-1-3(9)8-2(6)4(10)7-1/h(H2,5,7,10)(H2,6,8,9). The molecule has 10 heavy (non-hydrogen) atoms. The minimum absolute atomic E-state index is 0.417. The number of carbonyl (C=O) groups is 2. The third-order valence-corrected chi connectivity index (χ3v) is 0.882. The number of hydrogen-bond donors (Lipinski definition) is 2. The van der Waals surface area contributed by atoms with E-state index in [0.29, 0.717) is 0 Å². The van der Waals surface area contributed by atoms with Crippen LogP contribution in [0.25, 0.3) is 0 Å². The van der Waals surface area contributed by atoms with Crippen molar-refractivity contribution in [3.63, 3.8) is 0 Å². The van der Waals surface area contributed by atoms with Gasteiger partial charge in [0.1, 0.15) is 0 Å². The van der Waals surface area contributed by atoms with E-state index >= 15 is 0 Å². The molecule has 0 bridgehead atoms. The quantitative estimate of drug-likeness (QED) is 0.396. The molecule has 1 aliphatic heterocycles. The Balaban J connectivity index is 3.03. The Bertz CT molecular complexity index is 236. The Morgan fingerprint density at radius 2 is 1.20 bits per heavy atom. The zero-order chi connectivity index (χ0) is 7.72. The number of hydrogen-bond acceptors (Lipinski definition) is 4. The molecule has 1 aliphatic rings. The summed E-state index contributed by atoms with van der Waals surface area (Å²) in [5.74, 6) is -2.37. The first kappa shape index (κ1) is 6.40. The van der Waals surface area contributed by atoms with Gasteiger partial charge in [0.05, 0.1) is 0 Å². The van der Waals surface area contributed by atoms with E-state index < -0.39 is 23.5 Å². The zero-order valence-corrected chi connectivity index (χ0v) is 4.87. The number of nitrogens with zero attached hydrogens (tertiary/aromatic N) is 2. The van der Waals surface area contributed by atoms with Gasteiger partial charge in [-0.15, -0.1) is 0 Å². The second-order valence-corrected chi connectivity index (χ2v) is 1.60. The smallest absolute Gasteiger partial charge is 0.314 e. The summed E-state index contributed by atoms with van der Waals surface area (Å²) in [5.41, 5.74) is 9.90. The van der Waals surface area contributed by atoms with Crippen molar-refractivity contribution in [1.29, 1.82) is 0 Å². The van der Waals surface area contributed by atoms with Crippen LogP contribution in [0, 0.1) is 0 Å². The van der Waals surface area contributed by atoms with Crippen molar-refractivity contribution in [1.82, 2.24) is 0 Å². The Morgan fingerprint density at radius 1 is 0.900 bits per heavy atom. The molecule has 0 aliphatic carbocycles. The Morgan fingerprint density at radius 3 is 1.50 bits per heavy atom. The monoisotopic (exact) mass is 140 g/mol. The lowest BCUT2D eigenvalue weighted by Gasteiger charge is -2.00. The minimum Gasteiger partial charge on any atom is -0.379 e. The Kier molecular flexibility index (Phi) is 1.22. The molecular weight excluding hydrogens is 136 g/mol. The number of rotatable bonds is 0. The van der Waals surface area contributed by atoms with Gasteiger partial charge in [-0.1, -0.05) is 0 Å². The average Bonchev–Trinajstić information content (AvgIpc) is 1.84. The topological polar surface area (TPSA) is 111 Å². The van der Waals surface area contributed by atoms with E-state index in [2.05, 4.69) is 9.98 Å². The Hall–Kier alpha value is -1.72. The molecule has 0 spiro atoms. The molecule has 0 saturated carbocycles. The number of aliphatic imine (C=N–C) groups is 2. The van der Waals surface area contributed by atoms with Crippen molar-refractivity contribution >= 4 is 23.5 Å². The van der Waals surface area contributed by atoms with E-state index in [0.717, 1.165) is 0 Å². The van der Waals surface area contributed by atoms with Crippen molar-refractivity contribution in [2.24, 2.45) is 21.5 Å². The van der Waals surface area contributed by atoms with Crippen molar-refractivity contribution in [3.05, 3.63) is 0 Å². The predicted octanol–water partition coefficient (Wildman–Crippen LogP) is -2.23. The van der Waals surface area contributed by atoms with Crippen LogP contribution >= 0.6 is 0 Å². The summed E-state index contributed by atoms with van der Waals surface area (Å²) in [6, 6.07) is 0. The molecule has 0 aromatic rings. The van der Waals surface area contributed by atoms with Crippen LogP contribution < -0.4 is 11.5 Å². The van der Waals surface area contributed by atoms with Crippen LogP contribution in [0.1, 0.15) is 0 Å². The molecule has 0 radical (unpaired) electrons. The van der Waals surface area contributed by atoms with Gasteiger partial charge >= 0.3 is 11.8 Å². The van der Waals surface area contributed by atoms with Crippen LogP contribution in [-0.2, 0) is 9.59 Å². The first-order valence-corrected chi connectivity index (χ1v) is 2.38. The van der Waals surface area contributed by atoms with E-state index in [-0.39, 0.29) is 0 Å². The van der Waals surface area contributed by atoms with Gasteiger partial charge in [-0.3, -0.25) is 9.59 Å². The van der Waals surface area contributed by atoms with Crippen LogP contribution in [0.4, 0.5) is 0 Å². The molecule has 0 aromatic heterocycles. The molecular formula is C4H4N4O2. The van der Waals surface area contributed by atoms with Gasteiger partial charge in [0.25, 0.3) is 0 Å². The predicted molar refractivity (Wildman–Crippen MR) is 33.3 cm³/mol. The van der Waals surface area contributed by atoms with Crippen LogP contribution in [-0.4, -0.2) is 23.5 Å². The summed E-state index contributed by atoms with van der Waals surface area (Å²) in [5, 5.41) is 0. The molecule has 1 rings (SSSR count). The van der Waals surface area contributed by atoms with Gasteiger partial charge in [0, 0.05) is 0 Å². The fourth-order valence-electron chi connectivity index (χ4n) is 0.429. The van der Waals surface area contributed by atoms with E-state index in [4.69, 9.17) is 11.5 Å². The zero-order valence-electron chi connectivity index (χ0n) is 4.87. The maximum Gasteiger partial charge on any atom is 0.314 e. The SMILES string of the molecule is NC1=NC(=O)C(N)=NC1=O. The molecule has 0 unspecified atom stereocenters. The van der Waals surface area contributed by atoms with Gasteiger partial charge in [-0.25, -0.2) is 0 Å². The summed E-state index contributed by atoms with van der Waals surface area (Å²) in [7, 11) is 0. The molecule has 0 saturated heterocycles. The average molecular weight is 140 g/mol. The highest BCUT2D eigenvalue weighted by Crippen LogP contribution is 1.88. The molecule has 6 nitrogen and oxygen atoms in total. The molecule has 0 atom stereocenters. The lowest BCUT2D eigenvalue weighted by molar-refractivity contribution is -0.115. The molecule has 1 heterocycles. The first-order valence-electron chi connectivity index (χ1n) is 2.38. The second-order valence-electron chi connectivity index (χ2n) is 1.60. The highest BCUT2D eigenvalue weighted by atomic mass is 16.2. The summed E-state index contributed by atoms with van der Waals surface area (Å²) < 4.78 is 0. The van der Waals surface area contributed by atoms with Crippen molar-refractivity contribution in [2.45, 2.75) is 0 Å². The van der Waals surface area contributed by atoms with Crippen LogP contribution in [0.2, 0.25) is 0 Å². The van der Waals surface area contributed by atoms with Crippen LogP contribution in [0.15, 0.2) is 9.98 Å². The van der Waals surface area contributed by atoms with Gasteiger partial charge in [0.2, 0.25) is 0 Å². The summed E-state index contributed by atoms with van der Waals surface area (Å²) in [4.78, 5) is 27.1. The third-order valence-electron chi connectivity index (χ3n) is 0.882. The van der Waals surface area contributed by atoms with E-state index in [9.17, 15) is 9.59 Å². The fourth-order valence-corrected chi connectivity index (χ4v) is 0.429. The maximum absolute atomic E-state index is 10.5. The number of amidine groups is 2.